The van der Waals surface area contributed by atoms with Gasteiger partial charge in [0.2, 0.25) is 6.41 Å². The third kappa shape index (κ3) is 9.58. The predicted octanol–water partition coefficient (Wildman–Crippen LogP) is 4.76. The Morgan fingerprint density at radius 2 is 1.80 bits per heavy atom. The van der Waals surface area contributed by atoms with Gasteiger partial charge in [-0.1, -0.05) is 54.1 Å². The van der Waals surface area contributed by atoms with Crippen LogP contribution in [0.4, 0.5) is 10.5 Å². The van der Waals surface area contributed by atoms with E-state index in [1.54, 1.807) is 71.2 Å². The van der Waals surface area contributed by atoms with Gasteiger partial charge in [0.25, 0.3) is 5.91 Å². The van der Waals surface area contributed by atoms with Crippen molar-refractivity contribution in [1.82, 2.24) is 15.5 Å². The number of likely N-dealkylation sites (N-methyl/N-ethyl adjacent to an activating group) is 2. The van der Waals surface area contributed by atoms with Crippen molar-refractivity contribution < 1.29 is 23.9 Å². The lowest BCUT2D eigenvalue weighted by Crippen LogP contribution is -2.44. The fraction of sp³-hybridized carbons (Fsp3) is 0.355. The van der Waals surface area contributed by atoms with Crippen LogP contribution in [0.1, 0.15) is 39.7 Å². The molecule has 0 spiro atoms. The lowest BCUT2D eigenvalue weighted by molar-refractivity contribution is -0.151. The second-order valence-electron chi connectivity index (χ2n) is 9.55. The van der Waals surface area contributed by atoms with Gasteiger partial charge in [0.1, 0.15) is 6.04 Å². The highest BCUT2D eigenvalue weighted by Crippen LogP contribution is 2.21. The third-order valence-electron chi connectivity index (χ3n) is 6.13. The number of amides is 4. The van der Waals surface area contributed by atoms with E-state index in [4.69, 9.17) is 16.3 Å². The monoisotopic (exact) mass is 582 g/mol. The molecule has 1 aromatic carbocycles. The number of nitrogens with one attached hydrogen (secondary N) is 2. The average Bonchev–Trinajstić information content (AvgIpc) is 3.19. The number of halogens is 1. The van der Waals surface area contributed by atoms with Crippen molar-refractivity contribution in [2.45, 2.75) is 52.7 Å². The maximum absolute atomic E-state index is 13.3. The zero-order chi connectivity index (χ0) is 30.5. The molecule has 0 heterocycles. The van der Waals surface area contributed by atoms with Gasteiger partial charge in [0.15, 0.2) is 0 Å². The third-order valence-corrected chi connectivity index (χ3v) is 6.56. The predicted molar refractivity (Wildman–Crippen MR) is 162 cm³/mol. The first kappa shape index (κ1) is 33.3. The molecule has 0 saturated heterocycles. The van der Waals surface area contributed by atoms with Gasteiger partial charge in [-0.2, -0.15) is 0 Å². The van der Waals surface area contributed by atoms with Crippen LogP contribution >= 0.6 is 11.6 Å². The van der Waals surface area contributed by atoms with Crippen molar-refractivity contribution >= 4 is 41.6 Å². The summed E-state index contributed by atoms with van der Waals surface area (Å²) in [5, 5.41) is 6.07. The molecule has 1 aromatic rings. The van der Waals surface area contributed by atoms with Gasteiger partial charge in [-0.3, -0.25) is 14.5 Å². The van der Waals surface area contributed by atoms with Crippen LogP contribution in [0.25, 0.3) is 0 Å². The van der Waals surface area contributed by atoms with Crippen LogP contribution in [0.3, 0.4) is 0 Å². The Morgan fingerprint density at radius 1 is 1.12 bits per heavy atom. The number of esters is 1. The zero-order valence-corrected chi connectivity index (χ0v) is 25.2. The van der Waals surface area contributed by atoms with Crippen LogP contribution in [0.2, 0.25) is 0 Å². The van der Waals surface area contributed by atoms with E-state index in [1.165, 1.54) is 4.90 Å². The molecular weight excluding hydrogens is 544 g/mol. The van der Waals surface area contributed by atoms with Crippen molar-refractivity contribution in [3.8, 4) is 0 Å². The van der Waals surface area contributed by atoms with E-state index in [0.717, 1.165) is 10.5 Å². The number of hydrogen-bond acceptors (Lipinski definition) is 6. The minimum absolute atomic E-state index is 0.121. The molecule has 1 aliphatic rings. The first-order valence-corrected chi connectivity index (χ1v) is 13.8. The van der Waals surface area contributed by atoms with E-state index in [2.05, 4.69) is 10.6 Å². The summed E-state index contributed by atoms with van der Waals surface area (Å²) < 4.78 is 5.37. The first-order chi connectivity index (χ1) is 19.6. The molecule has 4 amide bonds. The van der Waals surface area contributed by atoms with Crippen molar-refractivity contribution in [1.29, 1.82) is 0 Å². The lowest BCUT2D eigenvalue weighted by Gasteiger charge is -2.25. The molecule has 0 aliphatic heterocycles. The van der Waals surface area contributed by atoms with E-state index >= 15 is 0 Å². The Morgan fingerprint density at radius 3 is 2.37 bits per heavy atom. The summed E-state index contributed by atoms with van der Waals surface area (Å²) in [6.45, 7) is 7.47. The van der Waals surface area contributed by atoms with Crippen LogP contribution < -0.4 is 15.5 Å². The summed E-state index contributed by atoms with van der Waals surface area (Å²) >= 11 is 6.16. The summed E-state index contributed by atoms with van der Waals surface area (Å²) in [5.74, 6) is -1.10. The second kappa shape index (κ2) is 16.3. The maximum atomic E-state index is 13.3. The highest BCUT2D eigenvalue weighted by atomic mass is 35.5. The summed E-state index contributed by atoms with van der Waals surface area (Å²) in [4.78, 5) is 53.4. The number of allylic oxidation sites excluding steroid dienone is 5. The fourth-order valence-electron chi connectivity index (χ4n) is 4.05. The SMILES string of the molecule is CC=C(Cl)/C(=C/C)C(=O)N[C@@H](Cc1ccc(N(C=O)C(=O)N(C)C2=CCC=CC(CNC)=C2)cc1)C(=O)OC(C)C. The van der Waals surface area contributed by atoms with E-state index < -0.39 is 23.9 Å². The molecule has 0 radical (unpaired) electrons. The Bertz CT molecular complexity index is 1260. The molecule has 10 heteroatoms. The molecule has 0 bridgehead atoms. The van der Waals surface area contributed by atoms with Crippen LogP contribution in [0, 0.1) is 0 Å². The summed E-state index contributed by atoms with van der Waals surface area (Å²) in [7, 11) is 3.46. The number of rotatable bonds is 12. The Hall–Kier alpha value is -3.95. The number of hydrogen-bond donors (Lipinski definition) is 2. The number of carbonyl (C=O) groups is 4. The number of benzene rings is 1. The Balaban J connectivity index is 2.25. The number of carbonyl (C=O) groups excluding carboxylic acids is 4. The summed E-state index contributed by atoms with van der Waals surface area (Å²) in [5.41, 5.74) is 2.96. The minimum atomic E-state index is -0.990. The Kier molecular flexibility index (Phi) is 13.3. The smallest absolute Gasteiger partial charge is 0.335 e. The summed E-state index contributed by atoms with van der Waals surface area (Å²) in [6.07, 6.45) is 11.8. The lowest BCUT2D eigenvalue weighted by atomic mass is 10.0. The van der Waals surface area contributed by atoms with Crippen molar-refractivity contribution in [3.63, 3.8) is 0 Å². The van der Waals surface area contributed by atoms with Gasteiger partial charge in [-0.05, 0) is 70.5 Å². The molecule has 0 saturated carbocycles. The topological polar surface area (TPSA) is 108 Å². The number of anilines is 1. The minimum Gasteiger partial charge on any atom is -0.461 e. The van der Waals surface area contributed by atoms with Gasteiger partial charge < -0.3 is 15.4 Å². The van der Waals surface area contributed by atoms with E-state index in [-0.39, 0.29) is 23.1 Å². The molecule has 0 unspecified atom stereocenters. The van der Waals surface area contributed by atoms with Gasteiger partial charge in [-0.15, -0.1) is 0 Å². The van der Waals surface area contributed by atoms with Gasteiger partial charge in [-0.25, -0.2) is 14.5 Å². The van der Waals surface area contributed by atoms with E-state index in [0.29, 0.717) is 36.3 Å². The van der Waals surface area contributed by atoms with E-state index in [1.807, 2.05) is 31.4 Å². The largest absolute Gasteiger partial charge is 0.461 e. The van der Waals surface area contributed by atoms with Gasteiger partial charge >= 0.3 is 12.0 Å². The molecule has 1 atom stereocenters. The standard InChI is InChI=1S/C31H39ClN4O5/c1-7-26(27(32)8-2)29(38)34-28(30(39)41-21(3)4)18-22-13-15-24(16-14-22)36(20-37)31(40)35(6)25-12-10-9-11-23(17-25)19-33-5/h7-9,11-17,20-21,28,33H,10,18-19H2,1-6H3,(H,34,38)/b26-7-,27-8?/t28-/m0/s1. The van der Waals surface area contributed by atoms with Crippen LogP contribution in [-0.4, -0.2) is 62.0 Å². The van der Waals surface area contributed by atoms with E-state index in [9.17, 15) is 19.2 Å². The number of urea groups is 1. The molecule has 0 aromatic heterocycles. The molecule has 2 N–H and O–H groups in total. The van der Waals surface area contributed by atoms with Crippen LogP contribution in [0.15, 0.2) is 82.6 Å². The molecule has 0 fully saturated rings. The Labute approximate surface area is 247 Å². The molecule has 220 valence electrons. The second-order valence-corrected chi connectivity index (χ2v) is 9.96. The quantitative estimate of drug-likeness (QED) is 0.159. The van der Waals surface area contributed by atoms with Crippen LogP contribution in [-0.2, 0) is 25.5 Å². The molecule has 9 nitrogen and oxygen atoms in total. The number of nitrogens with zero attached hydrogens (tertiary/aromatic N) is 2. The highest BCUT2D eigenvalue weighted by molar-refractivity contribution is 6.35. The molecule has 1 aliphatic carbocycles. The highest BCUT2D eigenvalue weighted by Gasteiger charge is 2.26. The molecule has 41 heavy (non-hydrogen) atoms. The number of ether oxygens (including phenoxy) is 1. The van der Waals surface area contributed by atoms with Gasteiger partial charge in [0.05, 0.1) is 17.4 Å². The number of imide groups is 1. The normalized spacial score (nSPS) is 14.4. The van der Waals surface area contributed by atoms with Crippen molar-refractivity contribution in [3.05, 3.63) is 88.2 Å². The average molecular weight is 583 g/mol. The van der Waals surface area contributed by atoms with Crippen molar-refractivity contribution in [2.24, 2.45) is 0 Å². The summed E-state index contributed by atoms with van der Waals surface area (Å²) in [6, 6.07) is 5.10. The maximum Gasteiger partial charge on any atom is 0.335 e. The van der Waals surface area contributed by atoms with Crippen LogP contribution in [0.5, 0.6) is 0 Å². The van der Waals surface area contributed by atoms with Gasteiger partial charge in [0, 0.05) is 30.7 Å². The molecular formula is C31H39ClN4O5. The first-order valence-electron chi connectivity index (χ1n) is 13.4. The zero-order valence-electron chi connectivity index (χ0n) is 24.4. The van der Waals surface area contributed by atoms with Crippen molar-refractivity contribution in [2.75, 3.05) is 25.5 Å². The fourth-order valence-corrected chi connectivity index (χ4v) is 4.24. The molecule has 2 rings (SSSR count).